The average molecular weight is 333 g/mol. The Balaban J connectivity index is 5.09. The highest BCUT2D eigenvalue weighted by Gasteiger charge is 2.31. The SMILES string of the molecule is CC(C)[C@H](NC(=O)[C@H](CC(=O)O)NC(=O)[C@@H](N)[C@@H](C)O)C(=O)O. The van der Waals surface area contributed by atoms with Crippen molar-refractivity contribution in [2.75, 3.05) is 0 Å². The van der Waals surface area contributed by atoms with Gasteiger partial charge in [0.2, 0.25) is 11.8 Å². The molecule has 0 saturated heterocycles. The fourth-order valence-corrected chi connectivity index (χ4v) is 1.64. The summed E-state index contributed by atoms with van der Waals surface area (Å²) in [6.45, 7) is 4.39. The number of carbonyl (C=O) groups is 4. The van der Waals surface area contributed by atoms with E-state index in [9.17, 15) is 24.3 Å². The highest BCUT2D eigenvalue weighted by atomic mass is 16.4. The highest BCUT2D eigenvalue weighted by Crippen LogP contribution is 2.04. The minimum absolute atomic E-state index is 0.447. The molecule has 10 nitrogen and oxygen atoms in total. The molecule has 0 saturated carbocycles. The molecule has 0 aliphatic heterocycles. The van der Waals surface area contributed by atoms with E-state index in [1.54, 1.807) is 13.8 Å². The highest BCUT2D eigenvalue weighted by molar-refractivity contribution is 5.94. The number of rotatable bonds is 9. The smallest absolute Gasteiger partial charge is 0.326 e. The Labute approximate surface area is 133 Å². The summed E-state index contributed by atoms with van der Waals surface area (Å²) in [5.41, 5.74) is 5.40. The molecule has 0 aliphatic rings. The number of aliphatic hydroxyl groups is 1. The van der Waals surface area contributed by atoms with Crippen molar-refractivity contribution in [1.82, 2.24) is 10.6 Å². The van der Waals surface area contributed by atoms with E-state index in [1.807, 2.05) is 0 Å². The molecule has 132 valence electrons. The third-order valence-corrected chi connectivity index (χ3v) is 3.06. The van der Waals surface area contributed by atoms with Gasteiger partial charge in [0.25, 0.3) is 0 Å². The molecule has 0 bridgehead atoms. The van der Waals surface area contributed by atoms with Gasteiger partial charge >= 0.3 is 11.9 Å². The van der Waals surface area contributed by atoms with Gasteiger partial charge in [-0.15, -0.1) is 0 Å². The molecule has 0 aromatic rings. The Hall–Kier alpha value is -2.20. The number of carboxylic acid groups (broad SMARTS) is 2. The van der Waals surface area contributed by atoms with Crippen LogP contribution in [0, 0.1) is 5.92 Å². The second-order valence-electron chi connectivity index (χ2n) is 5.49. The van der Waals surface area contributed by atoms with Gasteiger partial charge < -0.3 is 31.7 Å². The number of hydrogen-bond donors (Lipinski definition) is 6. The van der Waals surface area contributed by atoms with Crippen LogP contribution in [0.4, 0.5) is 0 Å². The molecule has 2 amide bonds. The zero-order valence-electron chi connectivity index (χ0n) is 13.1. The van der Waals surface area contributed by atoms with Gasteiger partial charge in [-0.1, -0.05) is 13.8 Å². The number of nitrogens with one attached hydrogen (secondary N) is 2. The number of nitrogens with two attached hydrogens (primary N) is 1. The summed E-state index contributed by atoms with van der Waals surface area (Å²) in [4.78, 5) is 45.7. The standard InChI is InChI=1S/C13H23N3O7/c1-5(2)10(13(22)23)16-11(20)7(4-8(18)19)15-12(21)9(14)6(3)17/h5-7,9-10,17H,4,14H2,1-3H3,(H,15,21)(H,16,20)(H,18,19)(H,22,23)/t6-,7+,9+,10+/m1/s1. The average Bonchev–Trinajstić information content (AvgIpc) is 2.41. The minimum atomic E-state index is -1.51. The zero-order valence-corrected chi connectivity index (χ0v) is 13.1. The van der Waals surface area contributed by atoms with Crippen molar-refractivity contribution < 1.29 is 34.5 Å². The van der Waals surface area contributed by atoms with Crippen LogP contribution >= 0.6 is 0 Å². The predicted octanol–water partition coefficient (Wildman–Crippen LogP) is -2.12. The molecule has 4 atom stereocenters. The van der Waals surface area contributed by atoms with Gasteiger partial charge in [-0.05, 0) is 12.8 Å². The lowest BCUT2D eigenvalue weighted by atomic mass is 10.0. The summed E-state index contributed by atoms with van der Waals surface area (Å²) in [7, 11) is 0. The van der Waals surface area contributed by atoms with E-state index in [0.29, 0.717) is 0 Å². The van der Waals surface area contributed by atoms with Gasteiger partial charge in [0, 0.05) is 0 Å². The fourth-order valence-electron chi connectivity index (χ4n) is 1.64. The molecular formula is C13H23N3O7. The number of amides is 2. The zero-order chi connectivity index (χ0) is 18.3. The maximum atomic E-state index is 12.1. The van der Waals surface area contributed by atoms with E-state index in [0.717, 1.165) is 0 Å². The molecular weight excluding hydrogens is 310 g/mol. The van der Waals surface area contributed by atoms with Gasteiger partial charge in [0.1, 0.15) is 18.1 Å². The van der Waals surface area contributed by atoms with Crippen LogP contribution in [0.25, 0.3) is 0 Å². The first-order chi connectivity index (χ1) is 10.5. The lowest BCUT2D eigenvalue weighted by Crippen LogP contribution is -2.57. The molecule has 7 N–H and O–H groups in total. The number of carbonyl (C=O) groups excluding carboxylic acids is 2. The number of hydrogen-bond acceptors (Lipinski definition) is 6. The summed E-state index contributed by atoms with van der Waals surface area (Å²) >= 11 is 0. The van der Waals surface area contributed by atoms with E-state index < -0.39 is 60.3 Å². The van der Waals surface area contributed by atoms with Crippen molar-refractivity contribution in [3.63, 3.8) is 0 Å². The first-order valence-corrected chi connectivity index (χ1v) is 6.96. The van der Waals surface area contributed by atoms with Crippen molar-refractivity contribution in [3.05, 3.63) is 0 Å². The molecule has 0 rings (SSSR count). The first kappa shape index (κ1) is 20.8. The molecule has 10 heteroatoms. The normalized spacial score (nSPS) is 16.1. The molecule has 0 spiro atoms. The summed E-state index contributed by atoms with van der Waals surface area (Å²) in [5, 5.41) is 31.4. The quantitative estimate of drug-likeness (QED) is 0.277. The molecule has 0 heterocycles. The van der Waals surface area contributed by atoms with Crippen LogP contribution in [-0.4, -0.2) is 63.3 Å². The van der Waals surface area contributed by atoms with E-state index in [-0.39, 0.29) is 0 Å². The Morgan fingerprint density at radius 2 is 1.52 bits per heavy atom. The summed E-state index contributed by atoms with van der Waals surface area (Å²) < 4.78 is 0. The Kier molecular flexibility index (Phi) is 8.19. The topological polar surface area (TPSA) is 179 Å². The van der Waals surface area contributed by atoms with Crippen molar-refractivity contribution in [3.8, 4) is 0 Å². The maximum absolute atomic E-state index is 12.1. The molecule has 0 unspecified atom stereocenters. The monoisotopic (exact) mass is 333 g/mol. The van der Waals surface area contributed by atoms with Crippen LogP contribution in [0.15, 0.2) is 0 Å². The summed E-state index contributed by atoms with van der Waals surface area (Å²) in [6.07, 6.45) is -1.96. The van der Waals surface area contributed by atoms with Crippen LogP contribution in [0.3, 0.4) is 0 Å². The largest absolute Gasteiger partial charge is 0.481 e. The van der Waals surface area contributed by atoms with Crippen molar-refractivity contribution in [1.29, 1.82) is 0 Å². The van der Waals surface area contributed by atoms with Crippen molar-refractivity contribution in [2.24, 2.45) is 11.7 Å². The van der Waals surface area contributed by atoms with Crippen molar-refractivity contribution in [2.45, 2.75) is 51.4 Å². The Bertz CT molecular complexity index is 464. The van der Waals surface area contributed by atoms with Gasteiger partial charge in [0.05, 0.1) is 12.5 Å². The number of carboxylic acids is 2. The van der Waals surface area contributed by atoms with Crippen molar-refractivity contribution >= 4 is 23.8 Å². The van der Waals surface area contributed by atoms with Gasteiger partial charge in [0.15, 0.2) is 0 Å². The van der Waals surface area contributed by atoms with E-state index >= 15 is 0 Å². The third kappa shape index (κ3) is 7.06. The first-order valence-electron chi connectivity index (χ1n) is 6.96. The second kappa shape index (κ2) is 9.06. The predicted molar refractivity (Wildman–Crippen MR) is 78.2 cm³/mol. The van der Waals surface area contributed by atoms with E-state index in [2.05, 4.69) is 10.6 Å². The number of aliphatic carboxylic acids is 2. The van der Waals surface area contributed by atoms with Gasteiger partial charge in [-0.25, -0.2) is 4.79 Å². The number of aliphatic hydroxyl groups excluding tert-OH is 1. The lowest BCUT2D eigenvalue weighted by molar-refractivity contribution is -0.144. The summed E-state index contributed by atoms with van der Waals surface area (Å²) in [5.74, 6) is -4.98. The minimum Gasteiger partial charge on any atom is -0.481 e. The van der Waals surface area contributed by atoms with Crippen LogP contribution < -0.4 is 16.4 Å². The van der Waals surface area contributed by atoms with Gasteiger partial charge in [-0.2, -0.15) is 0 Å². The Morgan fingerprint density at radius 3 is 1.87 bits per heavy atom. The molecule has 0 aliphatic carbocycles. The van der Waals surface area contributed by atoms with Crippen LogP contribution in [0.2, 0.25) is 0 Å². The molecule has 0 aromatic heterocycles. The fraction of sp³-hybridized carbons (Fsp3) is 0.692. The molecule has 23 heavy (non-hydrogen) atoms. The third-order valence-electron chi connectivity index (χ3n) is 3.06. The molecule has 0 fully saturated rings. The lowest BCUT2D eigenvalue weighted by Gasteiger charge is -2.24. The van der Waals surface area contributed by atoms with Gasteiger partial charge in [-0.3, -0.25) is 14.4 Å². The molecule has 0 radical (unpaired) electrons. The van der Waals surface area contributed by atoms with E-state index in [4.69, 9.17) is 15.9 Å². The summed E-state index contributed by atoms with van der Waals surface area (Å²) in [6, 6.07) is -4.09. The van der Waals surface area contributed by atoms with Crippen LogP contribution in [-0.2, 0) is 19.2 Å². The van der Waals surface area contributed by atoms with Crippen LogP contribution in [0.5, 0.6) is 0 Å². The molecule has 0 aromatic carbocycles. The van der Waals surface area contributed by atoms with Crippen LogP contribution in [0.1, 0.15) is 27.2 Å². The Morgan fingerprint density at radius 1 is 1.00 bits per heavy atom. The van der Waals surface area contributed by atoms with E-state index in [1.165, 1.54) is 6.92 Å². The second-order valence-corrected chi connectivity index (χ2v) is 5.49. The maximum Gasteiger partial charge on any atom is 0.326 e.